The summed E-state index contributed by atoms with van der Waals surface area (Å²) in [5.41, 5.74) is 1.46. The molecule has 2 aromatic rings. The predicted molar refractivity (Wildman–Crippen MR) is 95.7 cm³/mol. The second kappa shape index (κ2) is 7.99. The first kappa shape index (κ1) is 19.2. The maximum atomic E-state index is 12.8. The fraction of sp³-hybridized carbons (Fsp3) is 0.150. The number of halogens is 2. The minimum Gasteiger partial charge on any atom is -0.481 e. The summed E-state index contributed by atoms with van der Waals surface area (Å²) in [5.74, 6) is -2.32. The van der Waals surface area contributed by atoms with Crippen LogP contribution < -0.4 is 4.74 Å². The van der Waals surface area contributed by atoms with Crippen LogP contribution in [0.3, 0.4) is 0 Å². The van der Waals surface area contributed by atoms with Gasteiger partial charge in [-0.25, -0.2) is 0 Å². The molecule has 2 amide bonds. The fourth-order valence-corrected chi connectivity index (χ4v) is 2.86. The van der Waals surface area contributed by atoms with Gasteiger partial charge in [0, 0.05) is 17.7 Å². The van der Waals surface area contributed by atoms with E-state index in [1.807, 2.05) is 0 Å². The number of fused-ring (bicyclic) bond motifs is 1. The molecule has 0 saturated heterocycles. The van der Waals surface area contributed by atoms with Gasteiger partial charge in [-0.05, 0) is 35.4 Å². The first-order valence-electron chi connectivity index (χ1n) is 8.31. The molecule has 1 heterocycles. The van der Waals surface area contributed by atoms with E-state index >= 15 is 0 Å². The zero-order chi connectivity index (χ0) is 20.3. The zero-order valence-electron chi connectivity index (χ0n) is 14.5. The molecule has 8 heteroatoms. The molecule has 0 saturated carbocycles. The van der Waals surface area contributed by atoms with Gasteiger partial charge in [0.25, 0.3) is 11.8 Å². The third kappa shape index (κ3) is 4.06. The van der Waals surface area contributed by atoms with Crippen LogP contribution in [0.25, 0.3) is 11.6 Å². The number of ether oxygens (including phenoxy) is 1. The Balaban J connectivity index is 1.99. The molecule has 28 heavy (non-hydrogen) atoms. The largest absolute Gasteiger partial charge is 0.481 e. The zero-order valence-corrected chi connectivity index (χ0v) is 14.5. The minimum absolute atomic E-state index is 0.0224. The molecular weight excluding hydrogens is 372 g/mol. The number of hydrogen-bond acceptors (Lipinski definition) is 4. The molecule has 0 fully saturated rings. The van der Waals surface area contributed by atoms with E-state index in [2.05, 4.69) is 4.74 Å². The Morgan fingerprint density at radius 1 is 1.04 bits per heavy atom. The van der Waals surface area contributed by atoms with Crippen molar-refractivity contribution in [2.75, 3.05) is 6.54 Å². The number of hydrogen-bond donors (Lipinski definition) is 1. The normalized spacial score (nSPS) is 15.1. The number of benzene rings is 2. The van der Waals surface area contributed by atoms with Gasteiger partial charge < -0.3 is 9.84 Å². The molecule has 144 valence electrons. The molecule has 1 N–H and O–H groups in total. The van der Waals surface area contributed by atoms with Crippen LogP contribution in [-0.4, -0.2) is 40.9 Å². The second-order valence-corrected chi connectivity index (χ2v) is 5.96. The van der Waals surface area contributed by atoms with E-state index in [1.165, 1.54) is 30.3 Å². The summed E-state index contributed by atoms with van der Waals surface area (Å²) < 4.78 is 28.8. The number of carboxylic acids is 1. The van der Waals surface area contributed by atoms with E-state index in [0.29, 0.717) is 11.1 Å². The van der Waals surface area contributed by atoms with Crippen LogP contribution in [0, 0.1) is 0 Å². The highest BCUT2D eigenvalue weighted by molar-refractivity contribution is 6.33. The standard InChI is InChI=1S/C20H15F2NO5/c21-20(22)28-13-7-5-12(6-8-13)11-16-14-3-1-2-4-15(14)18(26)23(19(16)27)10-9-17(24)25/h1-8,11,20H,9-10H2,(H,24,25)/b16-11-. The number of carbonyl (C=O) groups is 3. The van der Waals surface area contributed by atoms with Crippen molar-refractivity contribution in [1.82, 2.24) is 4.90 Å². The average molecular weight is 387 g/mol. The van der Waals surface area contributed by atoms with Crippen molar-refractivity contribution < 1.29 is 33.0 Å². The third-order valence-electron chi connectivity index (χ3n) is 4.13. The van der Waals surface area contributed by atoms with Gasteiger partial charge in [0.05, 0.1) is 6.42 Å². The smallest absolute Gasteiger partial charge is 0.387 e. The highest BCUT2D eigenvalue weighted by Crippen LogP contribution is 2.30. The molecule has 0 atom stereocenters. The number of imide groups is 1. The van der Waals surface area contributed by atoms with Crippen molar-refractivity contribution in [2.45, 2.75) is 13.0 Å². The van der Waals surface area contributed by atoms with Crippen molar-refractivity contribution in [3.05, 3.63) is 65.2 Å². The Kier molecular flexibility index (Phi) is 5.49. The number of alkyl halides is 2. The van der Waals surface area contributed by atoms with E-state index in [0.717, 1.165) is 4.90 Å². The van der Waals surface area contributed by atoms with Crippen LogP contribution in [0.1, 0.15) is 27.9 Å². The quantitative estimate of drug-likeness (QED) is 0.607. The first-order valence-corrected chi connectivity index (χ1v) is 8.31. The lowest BCUT2D eigenvalue weighted by Gasteiger charge is -2.28. The minimum atomic E-state index is -2.94. The van der Waals surface area contributed by atoms with Gasteiger partial charge in [0.2, 0.25) is 0 Å². The van der Waals surface area contributed by atoms with Gasteiger partial charge in [-0.1, -0.05) is 30.3 Å². The van der Waals surface area contributed by atoms with Gasteiger partial charge in [-0.15, -0.1) is 0 Å². The molecule has 2 aromatic carbocycles. The number of carboxylic acid groups (broad SMARTS) is 1. The van der Waals surface area contributed by atoms with E-state index in [-0.39, 0.29) is 29.9 Å². The molecule has 6 nitrogen and oxygen atoms in total. The summed E-state index contributed by atoms with van der Waals surface area (Å²) >= 11 is 0. The summed E-state index contributed by atoms with van der Waals surface area (Å²) in [5, 5.41) is 8.87. The summed E-state index contributed by atoms with van der Waals surface area (Å²) in [6, 6.07) is 12.2. The molecule has 0 aromatic heterocycles. The molecule has 1 aliphatic rings. The summed E-state index contributed by atoms with van der Waals surface area (Å²) in [4.78, 5) is 37.2. The molecule has 0 aliphatic carbocycles. The number of aliphatic carboxylic acids is 1. The lowest BCUT2D eigenvalue weighted by Crippen LogP contribution is -2.42. The average Bonchev–Trinajstić information content (AvgIpc) is 2.66. The van der Waals surface area contributed by atoms with Crippen LogP contribution in [0.15, 0.2) is 48.5 Å². The number of amides is 2. The highest BCUT2D eigenvalue weighted by atomic mass is 19.3. The summed E-state index contributed by atoms with van der Waals surface area (Å²) in [7, 11) is 0. The number of rotatable bonds is 6. The van der Waals surface area contributed by atoms with Gasteiger partial charge in [-0.2, -0.15) is 8.78 Å². The van der Waals surface area contributed by atoms with Crippen molar-refractivity contribution in [3.8, 4) is 5.75 Å². The second-order valence-electron chi connectivity index (χ2n) is 5.96. The molecule has 0 unspecified atom stereocenters. The first-order chi connectivity index (χ1) is 13.4. The van der Waals surface area contributed by atoms with Crippen molar-refractivity contribution in [3.63, 3.8) is 0 Å². The van der Waals surface area contributed by atoms with Gasteiger partial charge in [0.15, 0.2) is 0 Å². The Morgan fingerprint density at radius 3 is 2.29 bits per heavy atom. The van der Waals surface area contributed by atoms with Crippen LogP contribution in [0.2, 0.25) is 0 Å². The Labute approximate surface area is 158 Å². The van der Waals surface area contributed by atoms with Gasteiger partial charge in [-0.3, -0.25) is 19.3 Å². The highest BCUT2D eigenvalue weighted by Gasteiger charge is 2.34. The lowest BCUT2D eigenvalue weighted by atomic mass is 9.92. The van der Waals surface area contributed by atoms with Crippen molar-refractivity contribution in [2.24, 2.45) is 0 Å². The maximum Gasteiger partial charge on any atom is 0.387 e. The number of nitrogens with zero attached hydrogens (tertiary/aromatic N) is 1. The predicted octanol–water partition coefficient (Wildman–Crippen LogP) is 3.29. The maximum absolute atomic E-state index is 12.8. The Bertz CT molecular complexity index is 953. The van der Waals surface area contributed by atoms with E-state index in [1.54, 1.807) is 24.3 Å². The van der Waals surface area contributed by atoms with E-state index < -0.39 is 24.4 Å². The molecule has 1 aliphatic heterocycles. The third-order valence-corrected chi connectivity index (χ3v) is 4.13. The molecular formula is C20H15F2NO5. The van der Waals surface area contributed by atoms with Crippen LogP contribution >= 0.6 is 0 Å². The van der Waals surface area contributed by atoms with Crippen molar-refractivity contribution >= 4 is 29.4 Å². The Hall–Kier alpha value is -3.55. The van der Waals surface area contributed by atoms with Crippen molar-refractivity contribution in [1.29, 1.82) is 0 Å². The van der Waals surface area contributed by atoms with E-state index in [9.17, 15) is 23.2 Å². The Morgan fingerprint density at radius 2 is 1.68 bits per heavy atom. The SMILES string of the molecule is O=C(O)CCN1C(=O)/C(=C\c2ccc(OC(F)F)cc2)c2ccccc2C1=O. The fourth-order valence-electron chi connectivity index (χ4n) is 2.86. The lowest BCUT2D eigenvalue weighted by molar-refractivity contribution is -0.137. The topological polar surface area (TPSA) is 83.9 Å². The number of carbonyl (C=O) groups excluding carboxylic acids is 2. The van der Waals surface area contributed by atoms with E-state index in [4.69, 9.17) is 5.11 Å². The van der Waals surface area contributed by atoms with Crippen LogP contribution in [0.4, 0.5) is 8.78 Å². The summed E-state index contributed by atoms with van der Waals surface area (Å²) in [6.07, 6.45) is 1.15. The monoisotopic (exact) mass is 387 g/mol. The molecule has 0 bridgehead atoms. The molecule has 0 spiro atoms. The molecule has 3 rings (SSSR count). The molecule has 0 radical (unpaired) electrons. The summed E-state index contributed by atoms with van der Waals surface area (Å²) in [6.45, 7) is -3.19. The van der Waals surface area contributed by atoms with Gasteiger partial charge in [0.1, 0.15) is 5.75 Å². The van der Waals surface area contributed by atoms with Gasteiger partial charge >= 0.3 is 12.6 Å². The van der Waals surface area contributed by atoms with Crippen LogP contribution in [-0.2, 0) is 9.59 Å². The van der Waals surface area contributed by atoms with Crippen LogP contribution in [0.5, 0.6) is 5.75 Å².